The third-order valence-electron chi connectivity index (χ3n) is 6.24. The van der Waals surface area contributed by atoms with E-state index in [1.165, 1.54) is 34.7 Å². The van der Waals surface area contributed by atoms with E-state index in [4.69, 9.17) is 9.47 Å². The largest absolute Gasteiger partial charge is 0.465 e. The maximum absolute atomic E-state index is 6.44. The first-order valence-electron chi connectivity index (χ1n) is 11.1. The molecule has 0 aromatic heterocycles. The molecular weight excluding hydrogens is 356 g/mol. The topological polar surface area (TPSA) is 18.5 Å². The van der Waals surface area contributed by atoms with Crippen LogP contribution in [0.5, 0.6) is 5.75 Å². The Hall–Kier alpha value is -2.32. The smallest absolute Gasteiger partial charge is 0.204 e. The van der Waals surface area contributed by atoms with Crippen LogP contribution in [-0.4, -0.2) is 12.4 Å². The van der Waals surface area contributed by atoms with Crippen molar-refractivity contribution < 1.29 is 9.47 Å². The van der Waals surface area contributed by atoms with Crippen LogP contribution < -0.4 is 4.74 Å². The molecular formula is C27H32O2. The molecule has 152 valence electrons. The van der Waals surface area contributed by atoms with Crippen molar-refractivity contribution in [1.82, 2.24) is 0 Å². The van der Waals surface area contributed by atoms with Crippen molar-refractivity contribution in [2.75, 3.05) is 0 Å². The van der Waals surface area contributed by atoms with E-state index in [9.17, 15) is 0 Å². The Morgan fingerprint density at radius 3 is 2.38 bits per heavy atom. The lowest BCUT2D eigenvalue weighted by atomic mass is 9.99. The van der Waals surface area contributed by atoms with Gasteiger partial charge in [-0.25, -0.2) is 0 Å². The minimum atomic E-state index is -0.265. The summed E-state index contributed by atoms with van der Waals surface area (Å²) in [5, 5.41) is 2.55. The van der Waals surface area contributed by atoms with Gasteiger partial charge in [0.25, 0.3) is 0 Å². The van der Waals surface area contributed by atoms with E-state index < -0.39 is 0 Å². The van der Waals surface area contributed by atoms with Gasteiger partial charge < -0.3 is 9.47 Å². The summed E-state index contributed by atoms with van der Waals surface area (Å²) in [5.41, 5.74) is 2.64. The lowest BCUT2D eigenvalue weighted by Gasteiger charge is -2.24. The maximum atomic E-state index is 6.44. The number of ether oxygens (including phenoxy) is 2. The average Bonchev–Trinajstić information content (AvgIpc) is 3.27. The molecule has 2 unspecified atom stereocenters. The Balaban J connectivity index is 1.54. The van der Waals surface area contributed by atoms with Crippen LogP contribution in [-0.2, 0) is 11.2 Å². The van der Waals surface area contributed by atoms with E-state index >= 15 is 0 Å². The second-order valence-corrected chi connectivity index (χ2v) is 8.31. The van der Waals surface area contributed by atoms with Gasteiger partial charge in [-0.1, -0.05) is 81.3 Å². The molecule has 29 heavy (non-hydrogen) atoms. The molecule has 3 aromatic carbocycles. The Bertz CT molecular complexity index is 904. The van der Waals surface area contributed by atoms with Gasteiger partial charge >= 0.3 is 0 Å². The highest BCUT2D eigenvalue weighted by Gasteiger charge is 2.22. The van der Waals surface area contributed by atoms with Crippen molar-refractivity contribution in [3.05, 3.63) is 77.9 Å². The van der Waals surface area contributed by atoms with Gasteiger partial charge in [0, 0.05) is 6.42 Å². The summed E-state index contributed by atoms with van der Waals surface area (Å²) >= 11 is 0. The normalized spacial score (nSPS) is 16.8. The number of benzene rings is 3. The summed E-state index contributed by atoms with van der Waals surface area (Å²) in [6.07, 6.45) is 6.75. The van der Waals surface area contributed by atoms with E-state index in [1.807, 2.05) is 0 Å². The summed E-state index contributed by atoms with van der Waals surface area (Å²) in [4.78, 5) is 0. The zero-order valence-electron chi connectivity index (χ0n) is 17.6. The lowest BCUT2D eigenvalue weighted by molar-refractivity contribution is -0.115. The molecule has 1 aliphatic carbocycles. The number of fused-ring (bicyclic) bond motifs is 1. The van der Waals surface area contributed by atoms with Crippen LogP contribution in [0.4, 0.5) is 0 Å². The molecule has 1 saturated carbocycles. The molecule has 0 heterocycles. The summed E-state index contributed by atoms with van der Waals surface area (Å²) < 4.78 is 12.8. The lowest BCUT2D eigenvalue weighted by Crippen LogP contribution is -2.28. The summed E-state index contributed by atoms with van der Waals surface area (Å²) in [7, 11) is 0. The average molecular weight is 389 g/mol. The van der Waals surface area contributed by atoms with E-state index in [1.54, 1.807) is 0 Å². The van der Waals surface area contributed by atoms with E-state index in [0.717, 1.165) is 31.4 Å². The summed E-state index contributed by atoms with van der Waals surface area (Å²) in [5.74, 6) is 1.46. The van der Waals surface area contributed by atoms with Crippen molar-refractivity contribution in [3.63, 3.8) is 0 Å². The van der Waals surface area contributed by atoms with Crippen molar-refractivity contribution >= 4 is 10.8 Å². The minimum absolute atomic E-state index is 0.265. The molecule has 0 amide bonds. The van der Waals surface area contributed by atoms with Crippen LogP contribution in [0, 0.1) is 0 Å². The van der Waals surface area contributed by atoms with Gasteiger partial charge in [-0.15, -0.1) is 0 Å². The molecule has 1 fully saturated rings. The first kappa shape index (κ1) is 20.0. The predicted molar refractivity (Wildman–Crippen MR) is 121 cm³/mol. The Kier molecular flexibility index (Phi) is 6.51. The van der Waals surface area contributed by atoms with E-state index in [-0.39, 0.29) is 6.29 Å². The SMILES string of the molecule is CCC(C)c1ccc(OC(Cc2cccc3ccccc23)OC2CCCC2)cc1. The van der Waals surface area contributed by atoms with Crippen LogP contribution in [0.15, 0.2) is 66.7 Å². The summed E-state index contributed by atoms with van der Waals surface area (Å²) in [6.45, 7) is 4.49. The van der Waals surface area contributed by atoms with Crippen LogP contribution in [0.1, 0.15) is 63.0 Å². The van der Waals surface area contributed by atoms with Crippen molar-refractivity contribution in [1.29, 1.82) is 0 Å². The van der Waals surface area contributed by atoms with Crippen molar-refractivity contribution in [2.45, 2.75) is 70.7 Å². The fourth-order valence-electron chi connectivity index (χ4n) is 4.27. The molecule has 0 radical (unpaired) electrons. The van der Waals surface area contributed by atoms with Gasteiger partial charge in [-0.3, -0.25) is 0 Å². The molecule has 2 heteroatoms. The highest BCUT2D eigenvalue weighted by molar-refractivity contribution is 5.85. The fourth-order valence-corrected chi connectivity index (χ4v) is 4.27. The first-order valence-corrected chi connectivity index (χ1v) is 11.1. The number of rotatable bonds is 8. The van der Waals surface area contributed by atoms with Gasteiger partial charge in [-0.2, -0.15) is 0 Å². The zero-order valence-corrected chi connectivity index (χ0v) is 17.6. The predicted octanol–water partition coefficient (Wildman–Crippen LogP) is 7.26. The van der Waals surface area contributed by atoms with Crippen LogP contribution in [0.2, 0.25) is 0 Å². The van der Waals surface area contributed by atoms with Gasteiger partial charge in [0.1, 0.15) is 5.75 Å². The Morgan fingerprint density at radius 1 is 0.897 bits per heavy atom. The molecule has 0 aliphatic heterocycles. The second-order valence-electron chi connectivity index (χ2n) is 8.31. The van der Waals surface area contributed by atoms with Gasteiger partial charge in [0.2, 0.25) is 6.29 Å². The third-order valence-corrected chi connectivity index (χ3v) is 6.24. The molecule has 2 nitrogen and oxygen atoms in total. The molecule has 1 aliphatic rings. The second kappa shape index (κ2) is 9.45. The van der Waals surface area contributed by atoms with E-state index in [0.29, 0.717) is 12.0 Å². The van der Waals surface area contributed by atoms with Crippen molar-refractivity contribution in [3.8, 4) is 5.75 Å². The highest BCUT2D eigenvalue weighted by atomic mass is 16.7. The van der Waals surface area contributed by atoms with Crippen LogP contribution >= 0.6 is 0 Å². The molecule has 2 atom stereocenters. The quantitative estimate of drug-likeness (QED) is 0.378. The molecule has 0 saturated heterocycles. The van der Waals surface area contributed by atoms with Crippen LogP contribution in [0.25, 0.3) is 10.8 Å². The zero-order chi connectivity index (χ0) is 20.1. The maximum Gasteiger partial charge on any atom is 0.204 e. The van der Waals surface area contributed by atoms with Gasteiger partial charge in [0.05, 0.1) is 6.10 Å². The minimum Gasteiger partial charge on any atom is -0.465 e. The Labute approximate surface area is 174 Å². The number of hydrogen-bond donors (Lipinski definition) is 0. The molecule has 0 spiro atoms. The molecule has 0 N–H and O–H groups in total. The first-order chi connectivity index (χ1) is 14.2. The molecule has 0 bridgehead atoms. The molecule has 3 aromatic rings. The Morgan fingerprint density at radius 2 is 1.62 bits per heavy atom. The van der Waals surface area contributed by atoms with Crippen LogP contribution in [0.3, 0.4) is 0 Å². The highest BCUT2D eigenvalue weighted by Crippen LogP contribution is 2.28. The number of hydrogen-bond acceptors (Lipinski definition) is 2. The van der Waals surface area contributed by atoms with Crippen molar-refractivity contribution in [2.24, 2.45) is 0 Å². The van der Waals surface area contributed by atoms with E-state index in [2.05, 4.69) is 80.6 Å². The molecule has 4 rings (SSSR count). The summed E-state index contributed by atoms with van der Waals surface area (Å²) in [6, 6.07) is 23.6. The third kappa shape index (κ3) is 5.00. The monoisotopic (exact) mass is 388 g/mol. The standard InChI is InChI=1S/C27H32O2/c1-3-20(2)21-15-17-25(18-16-21)29-27(28-24-12-5-6-13-24)19-23-11-8-10-22-9-4-7-14-26(22)23/h4,7-11,14-18,20,24,27H,3,5-6,12-13,19H2,1-2H3. The van der Waals surface area contributed by atoms with Gasteiger partial charge in [-0.05, 0) is 59.2 Å². The fraction of sp³-hybridized carbons (Fsp3) is 0.407. The van der Waals surface area contributed by atoms with Gasteiger partial charge in [0.15, 0.2) is 0 Å².